The van der Waals surface area contributed by atoms with Crippen LogP contribution in [-0.4, -0.2) is 14.5 Å². The second-order valence-corrected chi connectivity index (χ2v) is 3.99. The summed E-state index contributed by atoms with van der Waals surface area (Å²) in [5.74, 6) is 0.450. The maximum Gasteiger partial charge on any atom is 0.201 e. The lowest BCUT2D eigenvalue weighted by Gasteiger charge is -2.03. The zero-order chi connectivity index (χ0) is 11.5. The predicted octanol–water partition coefficient (Wildman–Crippen LogP) is 1.84. The molecular formula is C11H13ClN4. The van der Waals surface area contributed by atoms with Gasteiger partial charge < -0.3 is 10.3 Å². The highest BCUT2D eigenvalue weighted by Gasteiger charge is 2.10. The van der Waals surface area contributed by atoms with Crippen molar-refractivity contribution >= 4 is 17.5 Å². The van der Waals surface area contributed by atoms with Crippen LogP contribution in [0.5, 0.6) is 0 Å². The zero-order valence-corrected chi connectivity index (χ0v) is 9.78. The third kappa shape index (κ3) is 2.17. The third-order valence-corrected chi connectivity index (χ3v) is 2.88. The minimum absolute atomic E-state index is 0.450. The summed E-state index contributed by atoms with van der Waals surface area (Å²) in [6.07, 6.45) is 5.31. The van der Waals surface area contributed by atoms with E-state index in [1.807, 2.05) is 29.9 Å². The molecule has 4 nitrogen and oxygen atoms in total. The van der Waals surface area contributed by atoms with Crippen LogP contribution in [0.2, 0.25) is 5.15 Å². The molecule has 16 heavy (non-hydrogen) atoms. The summed E-state index contributed by atoms with van der Waals surface area (Å²) >= 11 is 5.99. The van der Waals surface area contributed by atoms with E-state index in [1.54, 1.807) is 6.20 Å². The average molecular weight is 237 g/mol. The minimum Gasteiger partial charge on any atom is -0.369 e. The summed E-state index contributed by atoms with van der Waals surface area (Å²) in [5, 5.41) is 0.490. The Hall–Kier alpha value is -1.55. The van der Waals surface area contributed by atoms with Gasteiger partial charge in [0.15, 0.2) is 5.15 Å². The van der Waals surface area contributed by atoms with Crippen LogP contribution >= 0.6 is 11.6 Å². The van der Waals surface area contributed by atoms with Crippen molar-refractivity contribution in [3.63, 3.8) is 0 Å². The summed E-state index contributed by atoms with van der Waals surface area (Å²) in [5.41, 5.74) is 7.81. The number of aryl methyl sites for hydroxylation is 1. The Balaban J connectivity index is 2.11. The Labute approximate surface area is 99.1 Å². The topological polar surface area (TPSA) is 56.7 Å². The van der Waals surface area contributed by atoms with Gasteiger partial charge in [-0.3, -0.25) is 4.98 Å². The van der Waals surface area contributed by atoms with Crippen molar-refractivity contribution < 1.29 is 0 Å². The van der Waals surface area contributed by atoms with Gasteiger partial charge >= 0.3 is 0 Å². The van der Waals surface area contributed by atoms with Gasteiger partial charge in [0, 0.05) is 19.4 Å². The molecule has 0 bridgehead atoms. The van der Waals surface area contributed by atoms with Gasteiger partial charge in [-0.25, -0.2) is 4.98 Å². The van der Waals surface area contributed by atoms with Crippen LogP contribution in [0.1, 0.15) is 11.3 Å². The molecule has 0 aliphatic carbocycles. The van der Waals surface area contributed by atoms with Crippen LogP contribution in [0.3, 0.4) is 0 Å². The third-order valence-electron chi connectivity index (χ3n) is 2.57. The Morgan fingerprint density at radius 3 is 2.81 bits per heavy atom. The lowest BCUT2D eigenvalue weighted by Crippen LogP contribution is -2.03. The maximum atomic E-state index is 5.99. The smallest absolute Gasteiger partial charge is 0.201 e. The fourth-order valence-electron chi connectivity index (χ4n) is 1.60. The Bertz CT molecular complexity index is 478. The molecule has 0 amide bonds. The molecule has 0 aliphatic heterocycles. The van der Waals surface area contributed by atoms with E-state index in [-0.39, 0.29) is 0 Å². The summed E-state index contributed by atoms with van der Waals surface area (Å²) in [6, 6.07) is 3.97. The van der Waals surface area contributed by atoms with E-state index in [1.165, 1.54) is 5.56 Å². The fourth-order valence-corrected chi connectivity index (χ4v) is 1.90. The second-order valence-electron chi connectivity index (χ2n) is 3.63. The highest BCUT2D eigenvalue weighted by atomic mass is 35.5. The molecule has 2 aromatic heterocycles. The number of anilines is 1. The average Bonchev–Trinajstić information content (AvgIpc) is 2.53. The van der Waals surface area contributed by atoms with Gasteiger partial charge in [0.25, 0.3) is 0 Å². The standard InChI is InChI=1S/C11H13ClN4/c1-16-9(10(12)15-11(16)13)5-4-8-3-2-6-14-7-8/h2-3,6-7H,4-5H2,1H3,(H2,13,15). The molecule has 2 N–H and O–H groups in total. The molecule has 2 heterocycles. The maximum absolute atomic E-state index is 5.99. The molecule has 0 unspecified atom stereocenters. The van der Waals surface area contributed by atoms with E-state index in [9.17, 15) is 0 Å². The van der Waals surface area contributed by atoms with Gasteiger partial charge in [0.05, 0.1) is 5.69 Å². The molecule has 0 aromatic carbocycles. The number of pyridine rings is 1. The van der Waals surface area contributed by atoms with Gasteiger partial charge in [-0.1, -0.05) is 17.7 Å². The Kier molecular flexibility index (Phi) is 3.10. The van der Waals surface area contributed by atoms with Crippen molar-refractivity contribution in [1.29, 1.82) is 0 Å². The number of imidazole rings is 1. The first kappa shape index (κ1) is 11.0. The molecule has 0 fully saturated rings. The fraction of sp³-hybridized carbons (Fsp3) is 0.273. The molecule has 0 saturated heterocycles. The van der Waals surface area contributed by atoms with Gasteiger partial charge in [-0.05, 0) is 24.5 Å². The zero-order valence-electron chi connectivity index (χ0n) is 9.02. The lowest BCUT2D eigenvalue weighted by molar-refractivity contribution is 0.806. The highest BCUT2D eigenvalue weighted by Crippen LogP contribution is 2.19. The van der Waals surface area contributed by atoms with Gasteiger partial charge in [-0.2, -0.15) is 0 Å². The van der Waals surface area contributed by atoms with Crippen LogP contribution in [0.15, 0.2) is 24.5 Å². The largest absolute Gasteiger partial charge is 0.369 e. The number of nitrogens with two attached hydrogens (primary N) is 1. The molecular weight excluding hydrogens is 224 g/mol. The summed E-state index contributed by atoms with van der Waals surface area (Å²) in [6.45, 7) is 0. The quantitative estimate of drug-likeness (QED) is 0.885. The summed E-state index contributed by atoms with van der Waals surface area (Å²) in [7, 11) is 1.87. The van der Waals surface area contributed by atoms with Crippen LogP contribution in [0, 0.1) is 0 Å². The van der Waals surface area contributed by atoms with E-state index in [0.717, 1.165) is 18.5 Å². The van der Waals surface area contributed by atoms with Crippen molar-refractivity contribution in [3.8, 4) is 0 Å². The monoisotopic (exact) mass is 236 g/mol. The molecule has 0 spiro atoms. The van der Waals surface area contributed by atoms with Gasteiger partial charge in [0.1, 0.15) is 0 Å². The number of nitrogens with zero attached hydrogens (tertiary/aromatic N) is 3. The number of halogens is 1. The first-order valence-electron chi connectivity index (χ1n) is 5.04. The molecule has 0 radical (unpaired) electrons. The summed E-state index contributed by atoms with van der Waals surface area (Å²) in [4.78, 5) is 8.08. The van der Waals surface area contributed by atoms with Crippen LogP contribution < -0.4 is 5.73 Å². The number of hydrogen-bond donors (Lipinski definition) is 1. The molecule has 84 valence electrons. The second kappa shape index (κ2) is 4.53. The molecule has 2 rings (SSSR count). The number of rotatable bonds is 3. The Morgan fingerprint density at radius 1 is 1.44 bits per heavy atom. The van der Waals surface area contributed by atoms with Crippen molar-refractivity contribution in [2.24, 2.45) is 7.05 Å². The van der Waals surface area contributed by atoms with Crippen molar-refractivity contribution in [2.45, 2.75) is 12.8 Å². The van der Waals surface area contributed by atoms with E-state index < -0.39 is 0 Å². The van der Waals surface area contributed by atoms with E-state index in [4.69, 9.17) is 17.3 Å². The summed E-state index contributed by atoms with van der Waals surface area (Å²) < 4.78 is 1.82. The SMILES string of the molecule is Cn1c(N)nc(Cl)c1CCc1cccnc1. The molecule has 2 aromatic rings. The molecule has 0 atom stereocenters. The van der Waals surface area contributed by atoms with Crippen molar-refractivity contribution in [1.82, 2.24) is 14.5 Å². The van der Waals surface area contributed by atoms with E-state index in [2.05, 4.69) is 9.97 Å². The van der Waals surface area contributed by atoms with Crippen LogP contribution in [-0.2, 0) is 19.9 Å². The molecule has 0 saturated carbocycles. The minimum atomic E-state index is 0.450. The lowest BCUT2D eigenvalue weighted by atomic mass is 10.1. The van der Waals surface area contributed by atoms with Gasteiger partial charge in [-0.15, -0.1) is 0 Å². The van der Waals surface area contributed by atoms with Crippen LogP contribution in [0.25, 0.3) is 0 Å². The van der Waals surface area contributed by atoms with Crippen molar-refractivity contribution in [3.05, 3.63) is 40.9 Å². The number of aromatic nitrogens is 3. The number of hydrogen-bond acceptors (Lipinski definition) is 3. The van der Waals surface area contributed by atoms with Crippen molar-refractivity contribution in [2.75, 3.05) is 5.73 Å². The van der Waals surface area contributed by atoms with E-state index >= 15 is 0 Å². The Morgan fingerprint density at radius 2 is 2.25 bits per heavy atom. The van der Waals surface area contributed by atoms with Gasteiger partial charge in [0.2, 0.25) is 5.95 Å². The van der Waals surface area contributed by atoms with Crippen LogP contribution in [0.4, 0.5) is 5.95 Å². The first-order chi connectivity index (χ1) is 7.68. The molecule has 0 aliphatic rings. The molecule has 5 heteroatoms. The first-order valence-corrected chi connectivity index (χ1v) is 5.41. The normalized spacial score (nSPS) is 10.6. The van der Waals surface area contributed by atoms with E-state index in [0.29, 0.717) is 11.1 Å². The predicted molar refractivity (Wildman–Crippen MR) is 64.3 cm³/mol. The number of nitrogen functional groups attached to an aromatic ring is 1. The highest BCUT2D eigenvalue weighted by molar-refractivity contribution is 6.30.